The maximum atomic E-state index is 12.5. The molecule has 0 radical (unpaired) electrons. The summed E-state index contributed by atoms with van der Waals surface area (Å²) in [7, 11) is -0.871. The largest absolute Gasteiger partial charge is 0.480 e. The van der Waals surface area contributed by atoms with Crippen molar-refractivity contribution < 1.29 is 18.3 Å². The van der Waals surface area contributed by atoms with E-state index in [4.69, 9.17) is 0 Å². The van der Waals surface area contributed by atoms with Crippen LogP contribution < -0.4 is 10.4 Å². The molecule has 0 amide bonds. The highest BCUT2D eigenvalue weighted by atomic mass is 32.2. The molecule has 0 aliphatic rings. The highest BCUT2D eigenvalue weighted by molar-refractivity contribution is 7.89. The summed E-state index contributed by atoms with van der Waals surface area (Å²) in [4.78, 5) is 23.1. The Morgan fingerprint density at radius 1 is 1.21 bits per heavy atom. The molecule has 0 bridgehead atoms. The fourth-order valence-corrected chi connectivity index (χ4v) is 3.80. The second kappa shape index (κ2) is 6.40. The predicted octanol–water partition coefficient (Wildman–Crippen LogP) is 0.655. The normalized spacial score (nSPS) is 13.5. The van der Waals surface area contributed by atoms with Gasteiger partial charge in [0, 0.05) is 14.1 Å². The number of nitrogens with one attached hydrogen (secondary N) is 1. The third-order valence-electron chi connectivity index (χ3n) is 3.86. The molecule has 2 rings (SSSR count). The van der Waals surface area contributed by atoms with Gasteiger partial charge in [-0.15, -0.1) is 0 Å². The van der Waals surface area contributed by atoms with E-state index in [9.17, 15) is 23.1 Å². The van der Waals surface area contributed by atoms with E-state index in [0.29, 0.717) is 11.0 Å². The highest BCUT2D eigenvalue weighted by Crippen LogP contribution is 2.18. The van der Waals surface area contributed by atoms with Crippen molar-refractivity contribution in [1.29, 1.82) is 0 Å². The number of hydrogen-bond donors (Lipinski definition) is 2. The number of rotatable bonds is 6. The van der Waals surface area contributed by atoms with Crippen molar-refractivity contribution in [3.63, 3.8) is 0 Å². The molecule has 8 nitrogen and oxygen atoms in total. The molecule has 0 aliphatic heterocycles. The van der Waals surface area contributed by atoms with Crippen LogP contribution in [-0.2, 0) is 28.9 Å². The molecule has 1 unspecified atom stereocenters. The van der Waals surface area contributed by atoms with Crippen LogP contribution in [0.1, 0.15) is 20.3 Å². The van der Waals surface area contributed by atoms with E-state index in [1.54, 1.807) is 14.1 Å². The average Bonchev–Trinajstić information content (AvgIpc) is 2.70. The summed E-state index contributed by atoms with van der Waals surface area (Å²) in [6.07, 6.45) is 0.181. The monoisotopic (exact) mass is 355 g/mol. The minimum Gasteiger partial charge on any atom is -0.480 e. The topological polar surface area (TPSA) is 110 Å². The van der Waals surface area contributed by atoms with Crippen molar-refractivity contribution in [1.82, 2.24) is 13.9 Å². The molecule has 1 aromatic heterocycles. The van der Waals surface area contributed by atoms with Crippen LogP contribution in [0.25, 0.3) is 11.0 Å². The molecular weight excluding hydrogens is 334 g/mol. The van der Waals surface area contributed by atoms with Gasteiger partial charge in [0.15, 0.2) is 0 Å². The van der Waals surface area contributed by atoms with Gasteiger partial charge in [0.05, 0.1) is 15.9 Å². The summed E-state index contributed by atoms with van der Waals surface area (Å²) in [6, 6.07) is 3.06. The highest BCUT2D eigenvalue weighted by Gasteiger charge is 2.26. The molecule has 0 aliphatic carbocycles. The Bertz CT molecular complexity index is 940. The Morgan fingerprint density at radius 3 is 2.33 bits per heavy atom. The Morgan fingerprint density at radius 2 is 1.79 bits per heavy atom. The van der Waals surface area contributed by atoms with Crippen LogP contribution in [0.3, 0.4) is 0 Å². The first-order valence-corrected chi connectivity index (χ1v) is 8.93. The SMILES string of the molecule is CC(C)CC(NS(=O)(=O)c1ccc2c(c1)n(C)c(=O)n2C)C(=O)O. The number of carbonyl (C=O) groups is 1. The average molecular weight is 355 g/mol. The summed E-state index contributed by atoms with van der Waals surface area (Å²) in [5.41, 5.74) is 0.787. The third-order valence-corrected chi connectivity index (χ3v) is 5.33. The van der Waals surface area contributed by atoms with E-state index >= 15 is 0 Å². The van der Waals surface area contributed by atoms with Crippen LogP contribution >= 0.6 is 0 Å². The Balaban J connectivity index is 2.45. The van der Waals surface area contributed by atoms with Crippen molar-refractivity contribution in [3.8, 4) is 0 Å². The fourth-order valence-electron chi connectivity index (χ4n) is 2.58. The smallest absolute Gasteiger partial charge is 0.328 e. The van der Waals surface area contributed by atoms with Gasteiger partial charge in [0.1, 0.15) is 6.04 Å². The summed E-state index contributed by atoms with van der Waals surface area (Å²) in [5.74, 6) is -1.20. The number of aryl methyl sites for hydroxylation is 2. The van der Waals surface area contributed by atoms with Crippen molar-refractivity contribution in [2.45, 2.75) is 31.2 Å². The van der Waals surface area contributed by atoms with E-state index in [1.807, 2.05) is 13.8 Å². The molecule has 1 atom stereocenters. The first kappa shape index (κ1) is 18.2. The van der Waals surface area contributed by atoms with E-state index < -0.39 is 22.0 Å². The molecule has 1 heterocycles. The maximum Gasteiger partial charge on any atom is 0.328 e. The van der Waals surface area contributed by atoms with Crippen LogP contribution in [0.4, 0.5) is 0 Å². The van der Waals surface area contributed by atoms with E-state index in [0.717, 1.165) is 0 Å². The lowest BCUT2D eigenvalue weighted by Crippen LogP contribution is -2.41. The number of sulfonamides is 1. The number of nitrogens with zero attached hydrogens (tertiary/aromatic N) is 2. The lowest BCUT2D eigenvalue weighted by atomic mass is 10.1. The van der Waals surface area contributed by atoms with E-state index in [1.165, 1.54) is 27.3 Å². The number of fused-ring (bicyclic) bond motifs is 1. The Kier molecular flexibility index (Phi) is 4.86. The number of aliphatic carboxylic acids is 1. The molecule has 0 spiro atoms. The van der Waals surface area contributed by atoms with Gasteiger partial charge < -0.3 is 5.11 Å². The quantitative estimate of drug-likeness (QED) is 0.791. The van der Waals surface area contributed by atoms with Gasteiger partial charge in [-0.2, -0.15) is 4.72 Å². The standard InChI is InChI=1S/C15H21N3O5S/c1-9(2)7-11(14(19)20)16-24(22,23)10-5-6-12-13(8-10)18(4)15(21)17(12)3/h5-6,8-9,11,16H,7H2,1-4H3,(H,19,20). The van der Waals surface area contributed by atoms with Crippen LogP contribution in [0.2, 0.25) is 0 Å². The van der Waals surface area contributed by atoms with Gasteiger partial charge >= 0.3 is 11.7 Å². The molecule has 9 heteroatoms. The van der Waals surface area contributed by atoms with Crippen LogP contribution in [0.5, 0.6) is 0 Å². The summed E-state index contributed by atoms with van der Waals surface area (Å²) in [6.45, 7) is 3.63. The number of aromatic nitrogens is 2. The van der Waals surface area contributed by atoms with Gasteiger partial charge in [0.2, 0.25) is 10.0 Å². The maximum absolute atomic E-state index is 12.5. The van der Waals surface area contributed by atoms with Crippen LogP contribution in [-0.4, -0.2) is 34.7 Å². The lowest BCUT2D eigenvalue weighted by Gasteiger charge is -2.16. The summed E-state index contributed by atoms with van der Waals surface area (Å²) in [5, 5.41) is 9.21. The lowest BCUT2D eigenvalue weighted by molar-refractivity contribution is -0.139. The van der Waals surface area contributed by atoms with Gasteiger partial charge in [-0.1, -0.05) is 13.8 Å². The molecule has 2 aromatic rings. The van der Waals surface area contributed by atoms with Gasteiger partial charge in [0.25, 0.3) is 0 Å². The number of carboxylic acids is 1. The van der Waals surface area contributed by atoms with Crippen LogP contribution in [0.15, 0.2) is 27.9 Å². The van der Waals surface area contributed by atoms with Crippen LogP contribution in [0, 0.1) is 5.92 Å². The minimum atomic E-state index is -4.02. The summed E-state index contributed by atoms with van der Waals surface area (Å²) >= 11 is 0. The van der Waals surface area contributed by atoms with Crippen molar-refractivity contribution in [3.05, 3.63) is 28.7 Å². The second-order valence-electron chi connectivity index (χ2n) is 6.19. The van der Waals surface area contributed by atoms with Crippen molar-refractivity contribution >= 4 is 27.0 Å². The molecule has 1 aromatic carbocycles. The minimum absolute atomic E-state index is 0.0197. The van der Waals surface area contributed by atoms with E-state index in [2.05, 4.69) is 4.72 Å². The number of hydrogen-bond acceptors (Lipinski definition) is 4. The molecule has 132 valence electrons. The first-order chi connectivity index (χ1) is 11.0. The predicted molar refractivity (Wildman–Crippen MR) is 89.4 cm³/mol. The fraction of sp³-hybridized carbons (Fsp3) is 0.467. The second-order valence-corrected chi connectivity index (χ2v) is 7.91. The number of benzene rings is 1. The molecule has 0 saturated heterocycles. The zero-order valence-corrected chi connectivity index (χ0v) is 14.8. The molecule has 0 saturated carbocycles. The number of carboxylic acid groups (broad SMARTS) is 1. The molecule has 24 heavy (non-hydrogen) atoms. The Labute approximate surface area is 139 Å². The zero-order chi connectivity index (χ0) is 18.2. The van der Waals surface area contributed by atoms with Gasteiger partial charge in [-0.3, -0.25) is 13.9 Å². The number of imidazole rings is 1. The zero-order valence-electron chi connectivity index (χ0n) is 14.0. The van der Waals surface area contributed by atoms with Crippen molar-refractivity contribution in [2.24, 2.45) is 20.0 Å². The van der Waals surface area contributed by atoms with E-state index in [-0.39, 0.29) is 22.9 Å². The van der Waals surface area contributed by atoms with Gasteiger partial charge in [-0.05, 0) is 30.5 Å². The molecule has 2 N–H and O–H groups in total. The van der Waals surface area contributed by atoms with Crippen molar-refractivity contribution in [2.75, 3.05) is 0 Å². The molecule has 0 fully saturated rings. The first-order valence-electron chi connectivity index (χ1n) is 7.45. The van der Waals surface area contributed by atoms with Gasteiger partial charge in [-0.25, -0.2) is 13.2 Å². The third kappa shape index (κ3) is 3.36. The summed E-state index contributed by atoms with van der Waals surface area (Å²) < 4.78 is 30.0. The Hall–Kier alpha value is -2.13. The molecular formula is C15H21N3O5S.